The van der Waals surface area contributed by atoms with Crippen molar-refractivity contribution in [3.05, 3.63) is 59.9 Å². The van der Waals surface area contributed by atoms with Gasteiger partial charge in [0.1, 0.15) is 5.82 Å². The maximum Gasteiger partial charge on any atom is 0.181 e. The summed E-state index contributed by atoms with van der Waals surface area (Å²) in [5, 5.41) is 4.55. The van der Waals surface area contributed by atoms with Crippen molar-refractivity contribution in [3.63, 3.8) is 0 Å². The first kappa shape index (κ1) is 17.4. The molecular weight excluding hydrogens is 306 g/mol. The minimum Gasteiger partial charge on any atom is -0.253 e. The minimum absolute atomic E-state index is 0.184. The van der Waals surface area contributed by atoms with Crippen LogP contribution in [0.3, 0.4) is 0 Å². The highest BCUT2D eigenvalue weighted by atomic mass is 15.3. The lowest BCUT2D eigenvalue weighted by Crippen LogP contribution is -2.10. The second-order valence-corrected chi connectivity index (χ2v) is 7.63. The molecule has 1 aromatic heterocycles. The van der Waals surface area contributed by atoms with Gasteiger partial charge in [0.25, 0.3) is 0 Å². The van der Waals surface area contributed by atoms with Gasteiger partial charge in [-0.15, -0.1) is 0 Å². The Morgan fingerprint density at radius 2 is 1.36 bits per heavy atom. The summed E-state index contributed by atoms with van der Waals surface area (Å²) in [4.78, 5) is 4.66. The zero-order valence-corrected chi connectivity index (χ0v) is 15.9. The van der Waals surface area contributed by atoms with E-state index in [0.717, 1.165) is 30.1 Å². The molecule has 3 nitrogen and oxygen atoms in total. The first-order valence-corrected chi connectivity index (χ1v) is 9.00. The van der Waals surface area contributed by atoms with Gasteiger partial charge in [0, 0.05) is 19.0 Å². The van der Waals surface area contributed by atoms with Crippen LogP contribution in [0.4, 0.5) is 0 Å². The van der Waals surface area contributed by atoms with Crippen molar-refractivity contribution in [2.24, 2.45) is 7.05 Å². The van der Waals surface area contributed by atoms with Crippen LogP contribution in [-0.2, 0) is 18.9 Å². The Hall–Kier alpha value is -2.42. The van der Waals surface area contributed by atoms with Crippen molar-refractivity contribution in [1.82, 2.24) is 14.8 Å². The van der Waals surface area contributed by atoms with E-state index in [4.69, 9.17) is 0 Å². The normalized spacial score (nSPS) is 11.7. The van der Waals surface area contributed by atoms with Gasteiger partial charge in [-0.05, 0) is 28.5 Å². The molecule has 3 rings (SSSR count). The maximum absolute atomic E-state index is 4.66. The van der Waals surface area contributed by atoms with E-state index >= 15 is 0 Å². The van der Waals surface area contributed by atoms with Gasteiger partial charge in [-0.1, -0.05) is 76.2 Å². The Morgan fingerprint density at radius 1 is 0.840 bits per heavy atom. The molecule has 0 amide bonds. The highest BCUT2D eigenvalue weighted by Crippen LogP contribution is 2.27. The van der Waals surface area contributed by atoms with E-state index < -0.39 is 0 Å². The predicted octanol–water partition coefficient (Wildman–Crippen LogP) is 5.40. The summed E-state index contributed by atoms with van der Waals surface area (Å²) < 4.78 is 1.89. The van der Waals surface area contributed by atoms with Crippen LogP contribution in [0.15, 0.2) is 48.5 Å². The van der Waals surface area contributed by atoms with Crippen LogP contribution in [0.5, 0.6) is 0 Å². The fraction of sp³-hybridized carbons (Fsp3) is 0.364. The molecule has 1 heterocycles. The average molecular weight is 333 g/mol. The summed E-state index contributed by atoms with van der Waals surface area (Å²) in [7, 11) is 1.96. The van der Waals surface area contributed by atoms with Gasteiger partial charge in [0.15, 0.2) is 5.82 Å². The molecule has 0 N–H and O–H groups in total. The maximum atomic E-state index is 4.66. The van der Waals surface area contributed by atoms with Crippen LogP contribution in [0.25, 0.3) is 22.5 Å². The molecule has 0 spiro atoms. The average Bonchev–Trinajstić information content (AvgIpc) is 2.96. The molecule has 0 unspecified atom stereocenters. The van der Waals surface area contributed by atoms with Gasteiger partial charge >= 0.3 is 0 Å². The van der Waals surface area contributed by atoms with Gasteiger partial charge in [0.05, 0.1) is 0 Å². The highest BCUT2D eigenvalue weighted by molar-refractivity contribution is 5.68. The third-order valence-electron chi connectivity index (χ3n) is 4.55. The fourth-order valence-electron chi connectivity index (χ4n) is 2.95. The zero-order valence-electron chi connectivity index (χ0n) is 15.9. The summed E-state index contributed by atoms with van der Waals surface area (Å²) >= 11 is 0. The van der Waals surface area contributed by atoms with Crippen molar-refractivity contribution in [3.8, 4) is 22.5 Å². The van der Waals surface area contributed by atoms with Crippen LogP contribution in [0.1, 0.15) is 45.5 Å². The molecule has 0 fully saturated rings. The molecular formula is C22H27N3. The van der Waals surface area contributed by atoms with Gasteiger partial charge in [-0.2, -0.15) is 5.10 Å². The number of benzene rings is 2. The molecule has 0 saturated heterocycles. The van der Waals surface area contributed by atoms with E-state index in [1.165, 1.54) is 16.7 Å². The summed E-state index contributed by atoms with van der Waals surface area (Å²) in [5.41, 5.74) is 5.06. The summed E-state index contributed by atoms with van der Waals surface area (Å²) in [5.74, 6) is 1.85. The van der Waals surface area contributed by atoms with E-state index in [9.17, 15) is 0 Å². The molecule has 0 radical (unpaired) electrons. The van der Waals surface area contributed by atoms with Crippen molar-refractivity contribution in [1.29, 1.82) is 0 Å². The Morgan fingerprint density at radius 3 is 1.88 bits per heavy atom. The standard InChI is InChI=1S/C22H27N3/c1-6-7-20-23-21(24-25(20)5)18-10-8-16(9-11-18)17-12-14-19(15-13-17)22(2,3)4/h8-15H,6-7H2,1-5H3. The number of hydrogen-bond acceptors (Lipinski definition) is 2. The Kier molecular flexibility index (Phi) is 4.76. The van der Waals surface area contributed by atoms with E-state index in [-0.39, 0.29) is 5.41 Å². The number of aryl methyl sites for hydroxylation is 2. The molecule has 130 valence electrons. The monoisotopic (exact) mass is 333 g/mol. The number of rotatable bonds is 4. The third-order valence-corrected chi connectivity index (χ3v) is 4.55. The Bertz CT molecular complexity index is 834. The summed E-state index contributed by atoms with van der Waals surface area (Å²) in [6, 6.07) is 17.4. The zero-order chi connectivity index (χ0) is 18.0. The Labute approximate surface area is 150 Å². The largest absolute Gasteiger partial charge is 0.253 e. The quantitative estimate of drug-likeness (QED) is 0.640. The minimum atomic E-state index is 0.184. The van der Waals surface area contributed by atoms with E-state index in [0.29, 0.717) is 0 Å². The Balaban J connectivity index is 1.84. The molecule has 25 heavy (non-hydrogen) atoms. The molecule has 3 aromatic rings. The predicted molar refractivity (Wildman–Crippen MR) is 105 cm³/mol. The number of aromatic nitrogens is 3. The van der Waals surface area contributed by atoms with Crippen molar-refractivity contribution in [2.45, 2.75) is 46.0 Å². The van der Waals surface area contributed by atoms with Crippen LogP contribution < -0.4 is 0 Å². The van der Waals surface area contributed by atoms with Crippen molar-refractivity contribution in [2.75, 3.05) is 0 Å². The lowest BCUT2D eigenvalue weighted by atomic mass is 9.86. The second kappa shape index (κ2) is 6.83. The number of nitrogens with zero attached hydrogens (tertiary/aromatic N) is 3. The third kappa shape index (κ3) is 3.81. The lowest BCUT2D eigenvalue weighted by molar-refractivity contribution is 0.590. The van der Waals surface area contributed by atoms with Gasteiger partial charge in [-0.25, -0.2) is 4.98 Å². The molecule has 2 aromatic carbocycles. The van der Waals surface area contributed by atoms with Crippen molar-refractivity contribution >= 4 is 0 Å². The molecule has 0 atom stereocenters. The SMILES string of the molecule is CCCc1nc(-c2ccc(-c3ccc(C(C)(C)C)cc3)cc2)nn1C. The van der Waals surface area contributed by atoms with E-state index in [1.54, 1.807) is 0 Å². The molecule has 0 saturated carbocycles. The van der Waals surface area contributed by atoms with Crippen LogP contribution in [0.2, 0.25) is 0 Å². The summed E-state index contributed by atoms with van der Waals surface area (Å²) in [6.45, 7) is 8.88. The smallest absolute Gasteiger partial charge is 0.181 e. The summed E-state index contributed by atoms with van der Waals surface area (Å²) in [6.07, 6.45) is 2.04. The first-order valence-electron chi connectivity index (χ1n) is 9.00. The first-order chi connectivity index (χ1) is 11.9. The topological polar surface area (TPSA) is 30.7 Å². The van der Waals surface area contributed by atoms with Gasteiger partial charge in [0.2, 0.25) is 0 Å². The second-order valence-electron chi connectivity index (χ2n) is 7.63. The molecule has 0 aliphatic carbocycles. The molecule has 3 heteroatoms. The van der Waals surface area contributed by atoms with Gasteiger partial charge in [-0.3, -0.25) is 4.68 Å². The molecule has 0 aliphatic rings. The lowest BCUT2D eigenvalue weighted by Gasteiger charge is -2.19. The van der Waals surface area contributed by atoms with Crippen LogP contribution in [0, 0.1) is 0 Å². The van der Waals surface area contributed by atoms with E-state index in [2.05, 4.69) is 86.3 Å². The van der Waals surface area contributed by atoms with Crippen molar-refractivity contribution < 1.29 is 0 Å². The highest BCUT2D eigenvalue weighted by Gasteiger charge is 2.13. The fourth-order valence-corrected chi connectivity index (χ4v) is 2.95. The molecule has 0 aliphatic heterocycles. The van der Waals surface area contributed by atoms with Gasteiger partial charge < -0.3 is 0 Å². The number of hydrogen-bond donors (Lipinski definition) is 0. The van der Waals surface area contributed by atoms with E-state index in [1.807, 2.05) is 11.7 Å². The molecule has 0 bridgehead atoms. The van der Waals surface area contributed by atoms with Crippen LogP contribution >= 0.6 is 0 Å². The van der Waals surface area contributed by atoms with Crippen LogP contribution in [-0.4, -0.2) is 14.8 Å².